The summed E-state index contributed by atoms with van der Waals surface area (Å²) in [6.45, 7) is 4.28. The standard InChI is InChI=1S/C12H25NO3/c1-11-2-4-12(10-15,5-3-11)13-6-8-16-9-7-14/h11,13-15H,2-10H2,1H3. The third kappa shape index (κ3) is 4.37. The maximum absolute atomic E-state index is 9.49. The Morgan fingerprint density at radius 2 is 1.94 bits per heavy atom. The second-order valence-electron chi connectivity index (χ2n) is 4.88. The van der Waals surface area contributed by atoms with Crippen LogP contribution in [0.5, 0.6) is 0 Å². The van der Waals surface area contributed by atoms with Crippen molar-refractivity contribution in [3.05, 3.63) is 0 Å². The maximum atomic E-state index is 9.49. The van der Waals surface area contributed by atoms with Crippen LogP contribution in [0, 0.1) is 5.92 Å². The monoisotopic (exact) mass is 231 g/mol. The highest BCUT2D eigenvalue weighted by atomic mass is 16.5. The van der Waals surface area contributed by atoms with Crippen LogP contribution in [-0.2, 0) is 4.74 Å². The lowest BCUT2D eigenvalue weighted by atomic mass is 9.77. The van der Waals surface area contributed by atoms with E-state index in [0.717, 1.165) is 25.3 Å². The molecule has 1 rings (SSSR count). The van der Waals surface area contributed by atoms with E-state index >= 15 is 0 Å². The molecule has 0 aromatic rings. The van der Waals surface area contributed by atoms with Crippen molar-refractivity contribution in [1.82, 2.24) is 5.32 Å². The number of aliphatic hydroxyl groups is 2. The molecule has 0 bridgehead atoms. The number of hydrogen-bond acceptors (Lipinski definition) is 4. The third-order valence-corrected chi connectivity index (χ3v) is 3.52. The lowest BCUT2D eigenvalue weighted by molar-refractivity contribution is 0.0696. The molecule has 1 saturated carbocycles. The van der Waals surface area contributed by atoms with E-state index in [9.17, 15) is 5.11 Å². The van der Waals surface area contributed by atoms with Crippen molar-refractivity contribution in [3.8, 4) is 0 Å². The Kier molecular flexibility index (Phi) is 6.28. The van der Waals surface area contributed by atoms with Crippen molar-refractivity contribution in [2.24, 2.45) is 5.92 Å². The third-order valence-electron chi connectivity index (χ3n) is 3.52. The Hall–Kier alpha value is -0.160. The van der Waals surface area contributed by atoms with Gasteiger partial charge in [0.15, 0.2) is 0 Å². The predicted molar refractivity (Wildman–Crippen MR) is 63.4 cm³/mol. The number of aliphatic hydroxyl groups excluding tert-OH is 2. The van der Waals surface area contributed by atoms with E-state index in [1.165, 1.54) is 12.8 Å². The molecule has 16 heavy (non-hydrogen) atoms. The minimum absolute atomic E-state index is 0.0721. The fourth-order valence-corrected chi connectivity index (χ4v) is 2.26. The van der Waals surface area contributed by atoms with Gasteiger partial charge in [-0.05, 0) is 31.6 Å². The van der Waals surface area contributed by atoms with E-state index in [2.05, 4.69) is 12.2 Å². The van der Waals surface area contributed by atoms with Gasteiger partial charge in [0.25, 0.3) is 0 Å². The molecule has 0 heterocycles. The first kappa shape index (κ1) is 13.9. The van der Waals surface area contributed by atoms with Crippen LogP contribution in [0.25, 0.3) is 0 Å². The fraction of sp³-hybridized carbons (Fsp3) is 1.00. The molecule has 1 fully saturated rings. The van der Waals surface area contributed by atoms with Crippen LogP contribution in [0.1, 0.15) is 32.6 Å². The molecule has 1 aliphatic rings. The van der Waals surface area contributed by atoms with Crippen LogP contribution in [0.3, 0.4) is 0 Å². The zero-order valence-electron chi connectivity index (χ0n) is 10.2. The van der Waals surface area contributed by atoms with Crippen molar-refractivity contribution in [3.63, 3.8) is 0 Å². The highest BCUT2D eigenvalue weighted by Gasteiger charge is 2.32. The average molecular weight is 231 g/mol. The molecule has 0 aliphatic heterocycles. The molecule has 96 valence electrons. The zero-order chi connectivity index (χ0) is 11.9. The van der Waals surface area contributed by atoms with Gasteiger partial charge in [-0.2, -0.15) is 0 Å². The molecule has 0 spiro atoms. The Balaban J connectivity index is 2.20. The smallest absolute Gasteiger partial charge is 0.0698 e. The van der Waals surface area contributed by atoms with Gasteiger partial charge in [0.05, 0.1) is 26.4 Å². The zero-order valence-corrected chi connectivity index (χ0v) is 10.2. The highest BCUT2D eigenvalue weighted by molar-refractivity contribution is 4.91. The molecule has 3 N–H and O–H groups in total. The Bertz CT molecular complexity index is 179. The topological polar surface area (TPSA) is 61.7 Å². The van der Waals surface area contributed by atoms with E-state index in [1.807, 2.05) is 0 Å². The van der Waals surface area contributed by atoms with Gasteiger partial charge in [0.2, 0.25) is 0 Å². The first-order chi connectivity index (χ1) is 7.72. The van der Waals surface area contributed by atoms with Gasteiger partial charge in [-0.25, -0.2) is 0 Å². The Morgan fingerprint density at radius 3 is 2.50 bits per heavy atom. The van der Waals surface area contributed by atoms with Crippen LogP contribution in [0.15, 0.2) is 0 Å². The SMILES string of the molecule is CC1CCC(CO)(NCCOCCO)CC1. The summed E-state index contributed by atoms with van der Waals surface area (Å²) in [4.78, 5) is 0. The minimum Gasteiger partial charge on any atom is -0.394 e. The van der Waals surface area contributed by atoms with Crippen LogP contribution < -0.4 is 5.32 Å². The summed E-state index contributed by atoms with van der Waals surface area (Å²) in [5, 5.41) is 21.4. The number of nitrogens with one attached hydrogen (secondary N) is 1. The van der Waals surface area contributed by atoms with Gasteiger partial charge in [-0.3, -0.25) is 0 Å². The summed E-state index contributed by atoms with van der Waals surface area (Å²) in [6.07, 6.45) is 4.46. The number of rotatable bonds is 7. The van der Waals surface area contributed by atoms with E-state index in [0.29, 0.717) is 13.2 Å². The fourth-order valence-electron chi connectivity index (χ4n) is 2.26. The summed E-state index contributed by atoms with van der Waals surface area (Å²) in [6, 6.07) is 0. The molecule has 4 heteroatoms. The molecule has 0 aromatic heterocycles. The first-order valence-corrected chi connectivity index (χ1v) is 6.27. The summed E-state index contributed by atoms with van der Waals surface area (Å²) >= 11 is 0. The van der Waals surface area contributed by atoms with Crippen LogP contribution >= 0.6 is 0 Å². The average Bonchev–Trinajstić information content (AvgIpc) is 2.32. The largest absolute Gasteiger partial charge is 0.394 e. The second kappa shape index (κ2) is 7.22. The predicted octanol–water partition coefficient (Wildman–Crippen LogP) is 0.526. The molecular weight excluding hydrogens is 206 g/mol. The summed E-state index contributed by atoms with van der Waals surface area (Å²) in [5.41, 5.74) is -0.0882. The van der Waals surface area contributed by atoms with Gasteiger partial charge in [0.1, 0.15) is 0 Å². The lowest BCUT2D eigenvalue weighted by Gasteiger charge is -2.39. The summed E-state index contributed by atoms with van der Waals surface area (Å²) in [5.74, 6) is 0.784. The molecule has 0 amide bonds. The quantitative estimate of drug-likeness (QED) is 0.559. The van der Waals surface area contributed by atoms with Gasteiger partial charge in [-0.15, -0.1) is 0 Å². The molecular formula is C12H25NO3. The van der Waals surface area contributed by atoms with Crippen molar-refractivity contribution < 1.29 is 14.9 Å². The normalized spacial score (nSPS) is 30.6. The summed E-state index contributed by atoms with van der Waals surface area (Å²) < 4.78 is 5.19. The Labute approximate surface area is 98.0 Å². The van der Waals surface area contributed by atoms with Gasteiger partial charge in [-0.1, -0.05) is 6.92 Å². The van der Waals surface area contributed by atoms with E-state index in [4.69, 9.17) is 9.84 Å². The number of ether oxygens (including phenoxy) is 1. The van der Waals surface area contributed by atoms with Crippen LogP contribution in [0.4, 0.5) is 0 Å². The van der Waals surface area contributed by atoms with Crippen LogP contribution in [0.2, 0.25) is 0 Å². The highest BCUT2D eigenvalue weighted by Crippen LogP contribution is 2.31. The second-order valence-corrected chi connectivity index (χ2v) is 4.88. The molecule has 1 aliphatic carbocycles. The molecule has 4 nitrogen and oxygen atoms in total. The maximum Gasteiger partial charge on any atom is 0.0698 e. The molecule has 0 atom stereocenters. The minimum atomic E-state index is -0.0882. The van der Waals surface area contributed by atoms with Crippen LogP contribution in [-0.4, -0.2) is 48.7 Å². The van der Waals surface area contributed by atoms with Crippen molar-refractivity contribution >= 4 is 0 Å². The first-order valence-electron chi connectivity index (χ1n) is 6.27. The molecule has 0 radical (unpaired) electrons. The van der Waals surface area contributed by atoms with E-state index in [1.54, 1.807) is 0 Å². The number of hydrogen-bond donors (Lipinski definition) is 3. The molecule has 0 unspecified atom stereocenters. The van der Waals surface area contributed by atoms with Crippen molar-refractivity contribution in [2.45, 2.75) is 38.1 Å². The molecule has 0 saturated heterocycles. The van der Waals surface area contributed by atoms with Gasteiger partial charge >= 0.3 is 0 Å². The van der Waals surface area contributed by atoms with E-state index < -0.39 is 0 Å². The van der Waals surface area contributed by atoms with Crippen molar-refractivity contribution in [1.29, 1.82) is 0 Å². The van der Waals surface area contributed by atoms with Gasteiger partial charge in [0, 0.05) is 12.1 Å². The summed E-state index contributed by atoms with van der Waals surface area (Å²) in [7, 11) is 0. The van der Waals surface area contributed by atoms with Gasteiger partial charge < -0.3 is 20.3 Å². The Morgan fingerprint density at radius 1 is 1.25 bits per heavy atom. The molecule has 0 aromatic carbocycles. The van der Waals surface area contributed by atoms with Crippen molar-refractivity contribution in [2.75, 3.05) is 33.0 Å². The van der Waals surface area contributed by atoms with E-state index in [-0.39, 0.29) is 18.8 Å². The lowest BCUT2D eigenvalue weighted by Crippen LogP contribution is -2.51.